The molecule has 2 aromatic carbocycles. The van der Waals surface area contributed by atoms with Gasteiger partial charge in [0.1, 0.15) is 11.5 Å². The van der Waals surface area contributed by atoms with Gasteiger partial charge in [0.15, 0.2) is 10.9 Å². The van der Waals surface area contributed by atoms with Crippen LogP contribution >= 0.6 is 11.8 Å². The number of thioether (sulfide) groups is 1. The van der Waals surface area contributed by atoms with Crippen LogP contribution in [0.15, 0.2) is 72.1 Å². The predicted molar refractivity (Wildman–Crippen MR) is 98.5 cm³/mol. The number of hydrogen-bond acceptors (Lipinski definition) is 4. The molecule has 1 aliphatic carbocycles. The number of rotatable bonds is 7. The Kier molecular flexibility index (Phi) is 4.57. The number of Topliss-reactive ketones (excluding diaryl/α,β-unsaturated/α-hetero) is 1. The second-order valence-electron chi connectivity index (χ2n) is 6.00. The first-order chi connectivity index (χ1) is 12.3. The minimum absolute atomic E-state index is 0.0987. The lowest BCUT2D eigenvalue weighted by Crippen LogP contribution is -2.04. The van der Waals surface area contributed by atoms with Crippen LogP contribution in [-0.2, 0) is 0 Å². The van der Waals surface area contributed by atoms with E-state index >= 15 is 0 Å². The van der Waals surface area contributed by atoms with Crippen LogP contribution < -0.4 is 4.74 Å². The largest absolute Gasteiger partial charge is 0.457 e. The molecular formula is C20H18N2O2S. The quantitative estimate of drug-likeness (QED) is 0.445. The average molecular weight is 350 g/mol. The number of nitrogens with zero attached hydrogens (tertiary/aromatic N) is 2. The van der Waals surface area contributed by atoms with Crippen LogP contribution in [0.2, 0.25) is 0 Å². The van der Waals surface area contributed by atoms with Gasteiger partial charge < -0.3 is 9.30 Å². The number of aromatic nitrogens is 2. The molecule has 0 atom stereocenters. The van der Waals surface area contributed by atoms with Crippen molar-refractivity contribution in [2.24, 2.45) is 0 Å². The monoisotopic (exact) mass is 350 g/mol. The molecule has 0 amide bonds. The van der Waals surface area contributed by atoms with Gasteiger partial charge in [0.05, 0.1) is 5.75 Å². The minimum atomic E-state index is 0.0987. The summed E-state index contributed by atoms with van der Waals surface area (Å²) in [4.78, 5) is 16.8. The van der Waals surface area contributed by atoms with Gasteiger partial charge in [-0.05, 0) is 49.2 Å². The van der Waals surface area contributed by atoms with Gasteiger partial charge in [-0.1, -0.05) is 30.0 Å². The Morgan fingerprint density at radius 2 is 1.80 bits per heavy atom. The Hall–Kier alpha value is -2.53. The molecule has 0 bridgehead atoms. The maximum atomic E-state index is 12.4. The molecule has 1 heterocycles. The third-order valence-corrected chi connectivity index (χ3v) is 5.04. The Labute approximate surface area is 150 Å². The third kappa shape index (κ3) is 3.94. The number of hydrogen-bond donors (Lipinski definition) is 0. The zero-order valence-electron chi connectivity index (χ0n) is 13.7. The normalized spacial score (nSPS) is 13.6. The Bertz CT molecular complexity index is 855. The maximum Gasteiger partial charge on any atom is 0.173 e. The molecule has 5 heteroatoms. The molecule has 4 rings (SSSR count). The van der Waals surface area contributed by atoms with Gasteiger partial charge in [-0.15, -0.1) is 0 Å². The molecule has 1 aliphatic rings. The van der Waals surface area contributed by atoms with Crippen LogP contribution in [0.3, 0.4) is 0 Å². The fourth-order valence-electron chi connectivity index (χ4n) is 2.59. The first-order valence-corrected chi connectivity index (χ1v) is 9.30. The van der Waals surface area contributed by atoms with Crippen LogP contribution in [0.1, 0.15) is 29.2 Å². The van der Waals surface area contributed by atoms with Crippen molar-refractivity contribution in [3.05, 3.63) is 72.6 Å². The topological polar surface area (TPSA) is 44.1 Å². The third-order valence-electron chi connectivity index (χ3n) is 4.06. The number of carbonyl (C=O) groups excluding carboxylic acids is 1. The van der Waals surface area contributed by atoms with Crippen LogP contribution in [0.25, 0.3) is 0 Å². The number of ether oxygens (including phenoxy) is 1. The molecule has 4 nitrogen and oxygen atoms in total. The van der Waals surface area contributed by atoms with Gasteiger partial charge >= 0.3 is 0 Å². The fourth-order valence-corrected chi connectivity index (χ4v) is 3.51. The minimum Gasteiger partial charge on any atom is -0.457 e. The van der Waals surface area contributed by atoms with Gasteiger partial charge in [0, 0.05) is 24.0 Å². The molecule has 0 radical (unpaired) electrons. The lowest BCUT2D eigenvalue weighted by atomic mass is 10.1. The second-order valence-corrected chi connectivity index (χ2v) is 6.94. The summed E-state index contributed by atoms with van der Waals surface area (Å²) in [5, 5.41) is 0.930. The molecule has 3 aromatic rings. The summed E-state index contributed by atoms with van der Waals surface area (Å²) in [7, 11) is 0. The van der Waals surface area contributed by atoms with Crippen LogP contribution in [0.4, 0.5) is 0 Å². The summed E-state index contributed by atoms with van der Waals surface area (Å²) >= 11 is 1.50. The molecule has 0 spiro atoms. The summed E-state index contributed by atoms with van der Waals surface area (Å²) in [6, 6.07) is 17.5. The van der Waals surface area contributed by atoms with Gasteiger partial charge in [0.25, 0.3) is 0 Å². The van der Waals surface area contributed by atoms with E-state index in [1.54, 1.807) is 6.20 Å². The van der Waals surface area contributed by atoms with E-state index in [0.717, 1.165) is 16.7 Å². The van der Waals surface area contributed by atoms with E-state index in [1.165, 1.54) is 24.6 Å². The lowest BCUT2D eigenvalue weighted by molar-refractivity contribution is 0.102. The van der Waals surface area contributed by atoms with Crippen LogP contribution in [0, 0.1) is 0 Å². The average Bonchev–Trinajstić information content (AvgIpc) is 3.39. The summed E-state index contributed by atoms with van der Waals surface area (Å²) in [5.41, 5.74) is 0.692. The lowest BCUT2D eigenvalue weighted by Gasteiger charge is -2.07. The molecule has 1 aromatic heterocycles. The molecule has 1 saturated carbocycles. The highest BCUT2D eigenvalue weighted by atomic mass is 32.2. The SMILES string of the molecule is O=C(CSc1nccn1C1CC1)c1ccc(Oc2ccccc2)cc1. The highest BCUT2D eigenvalue weighted by molar-refractivity contribution is 7.99. The molecule has 0 N–H and O–H groups in total. The van der Waals surface area contributed by atoms with Crippen molar-refractivity contribution < 1.29 is 9.53 Å². The van der Waals surface area contributed by atoms with E-state index in [-0.39, 0.29) is 5.78 Å². The molecular weight excluding hydrogens is 332 g/mol. The molecule has 25 heavy (non-hydrogen) atoms. The van der Waals surface area contributed by atoms with Crippen molar-refractivity contribution in [3.8, 4) is 11.5 Å². The van der Waals surface area contributed by atoms with Gasteiger partial charge in [0.2, 0.25) is 0 Å². The standard InChI is InChI=1S/C20H18N2O2S/c23-19(14-25-20-21-12-13-22(20)16-8-9-16)15-6-10-18(11-7-15)24-17-4-2-1-3-5-17/h1-7,10-13,16H,8-9,14H2. The van der Waals surface area contributed by atoms with Crippen molar-refractivity contribution in [1.82, 2.24) is 9.55 Å². The number of imidazole rings is 1. The maximum absolute atomic E-state index is 12.4. The number of benzene rings is 2. The van der Waals surface area contributed by atoms with Gasteiger partial charge in [-0.25, -0.2) is 4.98 Å². The Morgan fingerprint density at radius 1 is 1.08 bits per heavy atom. The van der Waals surface area contributed by atoms with Gasteiger partial charge in [-0.3, -0.25) is 4.79 Å². The Balaban J connectivity index is 1.36. The van der Waals surface area contributed by atoms with Crippen molar-refractivity contribution in [3.63, 3.8) is 0 Å². The highest BCUT2D eigenvalue weighted by Crippen LogP contribution is 2.37. The van der Waals surface area contributed by atoms with Crippen LogP contribution in [-0.4, -0.2) is 21.1 Å². The summed E-state index contributed by atoms with van der Waals surface area (Å²) < 4.78 is 7.93. The summed E-state index contributed by atoms with van der Waals surface area (Å²) in [6.07, 6.45) is 6.22. The van der Waals surface area contributed by atoms with Crippen molar-refractivity contribution >= 4 is 17.5 Å². The number of carbonyl (C=O) groups is 1. The Morgan fingerprint density at radius 3 is 2.52 bits per heavy atom. The number of para-hydroxylation sites is 1. The zero-order chi connectivity index (χ0) is 17.1. The van der Waals surface area contributed by atoms with E-state index in [0.29, 0.717) is 17.4 Å². The van der Waals surface area contributed by atoms with E-state index in [1.807, 2.05) is 60.8 Å². The van der Waals surface area contributed by atoms with Crippen molar-refractivity contribution in [2.45, 2.75) is 24.0 Å². The summed E-state index contributed by atoms with van der Waals surface area (Å²) in [6.45, 7) is 0. The summed E-state index contributed by atoms with van der Waals surface area (Å²) in [5.74, 6) is 1.99. The van der Waals surface area contributed by atoms with E-state index < -0.39 is 0 Å². The molecule has 126 valence electrons. The second kappa shape index (κ2) is 7.15. The zero-order valence-corrected chi connectivity index (χ0v) is 14.5. The molecule has 1 fully saturated rings. The fraction of sp³-hybridized carbons (Fsp3) is 0.200. The first kappa shape index (κ1) is 16.0. The molecule has 0 unspecified atom stereocenters. The van der Waals surface area contributed by atoms with Crippen molar-refractivity contribution in [1.29, 1.82) is 0 Å². The first-order valence-electron chi connectivity index (χ1n) is 8.31. The van der Waals surface area contributed by atoms with E-state index in [4.69, 9.17) is 4.74 Å². The van der Waals surface area contributed by atoms with Gasteiger partial charge in [-0.2, -0.15) is 0 Å². The predicted octanol–water partition coefficient (Wildman–Crippen LogP) is 4.99. The molecule has 0 aliphatic heterocycles. The van der Waals surface area contributed by atoms with Crippen molar-refractivity contribution in [2.75, 3.05) is 5.75 Å². The smallest absolute Gasteiger partial charge is 0.173 e. The van der Waals surface area contributed by atoms with Crippen LogP contribution in [0.5, 0.6) is 11.5 Å². The highest BCUT2D eigenvalue weighted by Gasteiger charge is 2.25. The number of ketones is 1. The van der Waals surface area contributed by atoms with E-state index in [2.05, 4.69) is 9.55 Å². The van der Waals surface area contributed by atoms with E-state index in [9.17, 15) is 4.79 Å². The molecule has 0 saturated heterocycles.